The molecule has 1 unspecified atom stereocenters. The van der Waals surface area contributed by atoms with E-state index < -0.39 is 0 Å². The van der Waals surface area contributed by atoms with E-state index in [1.165, 1.54) is 13.3 Å². The maximum Gasteiger partial charge on any atom is 0.246 e. The molecular weight excluding hydrogens is 354 g/mol. The Labute approximate surface area is 157 Å². The van der Waals surface area contributed by atoms with E-state index in [0.29, 0.717) is 29.9 Å². The second-order valence-electron chi connectivity index (χ2n) is 5.95. The molecule has 6 nitrogen and oxygen atoms in total. The predicted molar refractivity (Wildman–Crippen MR) is 99.3 cm³/mol. The highest BCUT2D eigenvalue weighted by Crippen LogP contribution is 2.18. The Balaban J connectivity index is 1.58. The van der Waals surface area contributed by atoms with Crippen molar-refractivity contribution in [3.05, 3.63) is 53.3 Å². The molecular formula is C19H20ClN3O3. The number of amides is 1. The van der Waals surface area contributed by atoms with Crippen molar-refractivity contribution in [2.45, 2.75) is 18.9 Å². The average Bonchev–Trinajstić information content (AvgIpc) is 2.67. The number of likely N-dealkylation sites (tertiary alicyclic amines) is 1. The Hall–Kier alpha value is -2.60. The highest BCUT2D eigenvalue weighted by molar-refractivity contribution is 6.30. The highest BCUT2D eigenvalue weighted by atomic mass is 35.5. The monoisotopic (exact) mass is 373 g/mol. The van der Waals surface area contributed by atoms with E-state index in [4.69, 9.17) is 21.1 Å². The molecule has 1 aromatic carbocycles. The molecule has 0 N–H and O–H groups in total. The van der Waals surface area contributed by atoms with Crippen LogP contribution in [0.3, 0.4) is 0 Å². The minimum absolute atomic E-state index is 0.0371. The van der Waals surface area contributed by atoms with Crippen LogP contribution in [-0.2, 0) is 4.79 Å². The molecule has 2 heterocycles. The van der Waals surface area contributed by atoms with Crippen molar-refractivity contribution < 1.29 is 14.3 Å². The van der Waals surface area contributed by atoms with E-state index in [2.05, 4.69) is 9.97 Å². The summed E-state index contributed by atoms with van der Waals surface area (Å²) < 4.78 is 10.9. The molecule has 1 aromatic heterocycles. The van der Waals surface area contributed by atoms with Crippen molar-refractivity contribution in [2.75, 3.05) is 20.2 Å². The van der Waals surface area contributed by atoms with Crippen LogP contribution < -0.4 is 9.47 Å². The van der Waals surface area contributed by atoms with Gasteiger partial charge in [-0.1, -0.05) is 23.7 Å². The Morgan fingerprint density at radius 2 is 2.04 bits per heavy atom. The Bertz CT molecular complexity index is 780. The molecule has 1 aliphatic heterocycles. The lowest BCUT2D eigenvalue weighted by Gasteiger charge is -2.31. The first-order valence-electron chi connectivity index (χ1n) is 8.39. The first kappa shape index (κ1) is 18.2. The number of aromatic nitrogens is 2. The molecule has 2 aromatic rings. The normalized spacial score (nSPS) is 17.3. The van der Waals surface area contributed by atoms with Gasteiger partial charge < -0.3 is 14.4 Å². The van der Waals surface area contributed by atoms with E-state index in [1.807, 2.05) is 12.1 Å². The average molecular weight is 374 g/mol. The van der Waals surface area contributed by atoms with Gasteiger partial charge in [-0.2, -0.15) is 4.98 Å². The van der Waals surface area contributed by atoms with Gasteiger partial charge in [0.2, 0.25) is 17.7 Å². The van der Waals surface area contributed by atoms with Crippen LogP contribution in [0.4, 0.5) is 0 Å². The number of hydrogen-bond acceptors (Lipinski definition) is 5. The van der Waals surface area contributed by atoms with Crippen LogP contribution >= 0.6 is 11.6 Å². The van der Waals surface area contributed by atoms with E-state index in [1.54, 1.807) is 35.4 Å². The zero-order chi connectivity index (χ0) is 18.4. The molecule has 0 saturated carbocycles. The first-order chi connectivity index (χ1) is 12.6. The molecule has 0 aliphatic carbocycles. The molecule has 7 heteroatoms. The molecule has 0 bridgehead atoms. The van der Waals surface area contributed by atoms with E-state index in [-0.39, 0.29) is 12.0 Å². The predicted octanol–water partition coefficient (Wildman–Crippen LogP) is 3.22. The second kappa shape index (κ2) is 8.67. The minimum Gasteiger partial charge on any atom is -0.480 e. The molecule has 1 amide bonds. The fraction of sp³-hybridized carbons (Fsp3) is 0.316. The van der Waals surface area contributed by atoms with Crippen molar-refractivity contribution in [1.82, 2.24) is 14.9 Å². The number of carbonyl (C=O) groups is 1. The number of rotatable bonds is 5. The van der Waals surface area contributed by atoms with E-state index in [0.717, 1.165) is 18.4 Å². The summed E-state index contributed by atoms with van der Waals surface area (Å²) in [7, 11) is 1.53. The molecule has 1 saturated heterocycles. The lowest BCUT2D eigenvalue weighted by Crippen LogP contribution is -2.43. The summed E-state index contributed by atoms with van der Waals surface area (Å²) in [4.78, 5) is 22.5. The van der Waals surface area contributed by atoms with Crippen molar-refractivity contribution >= 4 is 23.6 Å². The number of halogens is 1. The first-order valence-corrected chi connectivity index (χ1v) is 8.77. The van der Waals surface area contributed by atoms with Crippen LogP contribution in [-0.4, -0.2) is 47.1 Å². The van der Waals surface area contributed by atoms with Gasteiger partial charge in [0.25, 0.3) is 0 Å². The SMILES string of the molecule is COc1cncc(OC2CCCN(C(=O)/C=C/c3ccc(Cl)cc3)C2)n1. The fourth-order valence-corrected chi connectivity index (χ4v) is 2.86. The van der Waals surface area contributed by atoms with Gasteiger partial charge in [-0.15, -0.1) is 0 Å². The van der Waals surface area contributed by atoms with Crippen LogP contribution in [0.5, 0.6) is 11.8 Å². The summed E-state index contributed by atoms with van der Waals surface area (Å²) in [6.45, 7) is 1.23. The third-order valence-corrected chi connectivity index (χ3v) is 4.32. The second-order valence-corrected chi connectivity index (χ2v) is 6.39. The number of ether oxygens (including phenoxy) is 2. The maximum absolute atomic E-state index is 12.4. The fourth-order valence-electron chi connectivity index (χ4n) is 2.74. The van der Waals surface area contributed by atoms with Crippen molar-refractivity contribution in [3.8, 4) is 11.8 Å². The quantitative estimate of drug-likeness (QED) is 0.753. The molecule has 1 fully saturated rings. The molecule has 136 valence electrons. The summed E-state index contributed by atoms with van der Waals surface area (Å²) in [5.41, 5.74) is 0.930. The lowest BCUT2D eigenvalue weighted by molar-refractivity contribution is -0.128. The Morgan fingerprint density at radius 3 is 2.81 bits per heavy atom. The smallest absolute Gasteiger partial charge is 0.246 e. The summed E-state index contributed by atoms with van der Waals surface area (Å²) in [6.07, 6.45) is 8.06. The summed E-state index contributed by atoms with van der Waals surface area (Å²) >= 11 is 5.87. The van der Waals surface area contributed by atoms with Gasteiger partial charge in [-0.3, -0.25) is 9.78 Å². The zero-order valence-electron chi connectivity index (χ0n) is 14.5. The third kappa shape index (κ3) is 4.95. The van der Waals surface area contributed by atoms with Gasteiger partial charge in [0.05, 0.1) is 26.0 Å². The minimum atomic E-state index is -0.113. The highest BCUT2D eigenvalue weighted by Gasteiger charge is 2.24. The molecule has 0 radical (unpaired) electrons. The van der Waals surface area contributed by atoms with Gasteiger partial charge in [0.15, 0.2) is 0 Å². The Morgan fingerprint density at radius 1 is 1.27 bits per heavy atom. The molecule has 1 aliphatic rings. The number of methoxy groups -OCH3 is 1. The van der Waals surface area contributed by atoms with Gasteiger partial charge in [-0.25, -0.2) is 0 Å². The van der Waals surface area contributed by atoms with Crippen molar-refractivity contribution in [2.24, 2.45) is 0 Å². The topological polar surface area (TPSA) is 64.6 Å². The van der Waals surface area contributed by atoms with Crippen LogP contribution in [0.15, 0.2) is 42.7 Å². The largest absolute Gasteiger partial charge is 0.480 e. The van der Waals surface area contributed by atoms with E-state index in [9.17, 15) is 4.79 Å². The van der Waals surface area contributed by atoms with Gasteiger partial charge >= 0.3 is 0 Å². The van der Waals surface area contributed by atoms with Crippen LogP contribution in [0.2, 0.25) is 5.02 Å². The van der Waals surface area contributed by atoms with E-state index >= 15 is 0 Å². The number of carbonyl (C=O) groups excluding carboxylic acids is 1. The summed E-state index contributed by atoms with van der Waals surface area (Å²) in [5, 5.41) is 0.671. The summed E-state index contributed by atoms with van der Waals surface area (Å²) in [6, 6.07) is 7.34. The maximum atomic E-state index is 12.4. The van der Waals surface area contributed by atoms with Crippen LogP contribution in [0, 0.1) is 0 Å². The van der Waals surface area contributed by atoms with Gasteiger partial charge in [0, 0.05) is 17.6 Å². The number of nitrogens with zero attached hydrogens (tertiary/aromatic N) is 3. The van der Waals surface area contributed by atoms with Crippen LogP contribution in [0.1, 0.15) is 18.4 Å². The van der Waals surface area contributed by atoms with Crippen molar-refractivity contribution in [3.63, 3.8) is 0 Å². The van der Waals surface area contributed by atoms with Crippen LogP contribution in [0.25, 0.3) is 6.08 Å². The number of hydrogen-bond donors (Lipinski definition) is 0. The summed E-state index contributed by atoms with van der Waals surface area (Å²) in [5.74, 6) is 0.766. The van der Waals surface area contributed by atoms with Gasteiger partial charge in [-0.05, 0) is 36.6 Å². The van der Waals surface area contributed by atoms with Gasteiger partial charge in [0.1, 0.15) is 6.10 Å². The molecule has 3 rings (SSSR count). The zero-order valence-corrected chi connectivity index (χ0v) is 15.2. The lowest BCUT2D eigenvalue weighted by atomic mass is 10.1. The third-order valence-electron chi connectivity index (χ3n) is 4.07. The molecule has 0 spiro atoms. The molecule has 26 heavy (non-hydrogen) atoms. The number of benzene rings is 1. The Kier molecular flexibility index (Phi) is 6.07. The standard InChI is InChI=1S/C19H20ClN3O3/c1-25-17-11-21-12-18(22-17)26-16-3-2-10-23(13-16)19(24)9-6-14-4-7-15(20)8-5-14/h4-9,11-12,16H,2-3,10,13H2,1H3/b9-6+. The number of piperidine rings is 1. The molecule has 1 atom stereocenters. The van der Waals surface area contributed by atoms with Crippen molar-refractivity contribution in [1.29, 1.82) is 0 Å².